The number of nitrogens with zero attached hydrogens (tertiary/aromatic N) is 1. The molecule has 1 aromatic heterocycles. The van der Waals surface area contributed by atoms with E-state index in [2.05, 4.69) is 17.2 Å². The predicted octanol–water partition coefficient (Wildman–Crippen LogP) is 4.87. The molecule has 106 valence electrons. The second-order valence-electron chi connectivity index (χ2n) is 5.40. The van der Waals surface area contributed by atoms with Gasteiger partial charge in [-0.25, -0.2) is 0 Å². The molecule has 0 amide bonds. The van der Waals surface area contributed by atoms with E-state index < -0.39 is 0 Å². The third-order valence-electron chi connectivity index (χ3n) is 4.36. The molecule has 1 aromatic rings. The number of nitrogens with one attached hydrogen (secondary N) is 1. The Morgan fingerprint density at radius 3 is 2.74 bits per heavy atom. The molecule has 2 nitrogen and oxygen atoms in total. The molecule has 0 bridgehead atoms. The van der Waals surface area contributed by atoms with Crippen LogP contribution in [0.3, 0.4) is 0 Å². The summed E-state index contributed by atoms with van der Waals surface area (Å²) in [7, 11) is 2.00. The fourth-order valence-electron chi connectivity index (χ4n) is 3.39. The van der Waals surface area contributed by atoms with E-state index in [1.54, 1.807) is 12.3 Å². The van der Waals surface area contributed by atoms with Crippen molar-refractivity contribution in [1.29, 1.82) is 0 Å². The molecule has 0 aromatic carbocycles. The van der Waals surface area contributed by atoms with E-state index >= 15 is 0 Å². The highest BCUT2D eigenvalue weighted by molar-refractivity contribution is 6.34. The lowest BCUT2D eigenvalue weighted by Crippen LogP contribution is -2.33. The van der Waals surface area contributed by atoms with Gasteiger partial charge in [0.05, 0.1) is 21.8 Å². The van der Waals surface area contributed by atoms with Gasteiger partial charge in [0.25, 0.3) is 0 Å². The number of halogens is 2. The van der Waals surface area contributed by atoms with E-state index in [-0.39, 0.29) is 6.04 Å². The maximum Gasteiger partial charge on any atom is 0.0762 e. The fraction of sp³-hybridized carbons (Fsp3) is 0.667. The molecule has 0 spiro atoms. The predicted molar refractivity (Wildman–Crippen MR) is 81.8 cm³/mol. The highest BCUT2D eigenvalue weighted by atomic mass is 35.5. The van der Waals surface area contributed by atoms with Crippen molar-refractivity contribution in [1.82, 2.24) is 10.3 Å². The van der Waals surface area contributed by atoms with Gasteiger partial charge in [0, 0.05) is 6.20 Å². The summed E-state index contributed by atoms with van der Waals surface area (Å²) in [5, 5.41) is 4.69. The minimum Gasteiger partial charge on any atom is -0.311 e. The van der Waals surface area contributed by atoms with Crippen LogP contribution >= 0.6 is 23.2 Å². The minimum absolute atomic E-state index is 0.231. The zero-order chi connectivity index (χ0) is 13.8. The number of hydrogen-bond acceptors (Lipinski definition) is 2. The van der Waals surface area contributed by atoms with Crippen LogP contribution in [0.1, 0.15) is 50.8 Å². The molecule has 3 atom stereocenters. The van der Waals surface area contributed by atoms with Gasteiger partial charge in [-0.3, -0.25) is 4.98 Å². The zero-order valence-corrected chi connectivity index (χ0v) is 13.1. The van der Waals surface area contributed by atoms with Crippen LogP contribution in [0, 0.1) is 11.8 Å². The van der Waals surface area contributed by atoms with Gasteiger partial charge in [-0.2, -0.15) is 0 Å². The molecule has 4 heteroatoms. The van der Waals surface area contributed by atoms with Crippen LogP contribution < -0.4 is 5.32 Å². The van der Waals surface area contributed by atoms with E-state index in [4.69, 9.17) is 23.2 Å². The third-order valence-corrected chi connectivity index (χ3v) is 4.87. The molecule has 19 heavy (non-hydrogen) atoms. The van der Waals surface area contributed by atoms with E-state index in [9.17, 15) is 0 Å². The highest BCUT2D eigenvalue weighted by Gasteiger charge is 2.32. The van der Waals surface area contributed by atoms with Crippen molar-refractivity contribution in [3.63, 3.8) is 0 Å². The Balaban J connectivity index is 2.27. The summed E-state index contributed by atoms with van der Waals surface area (Å²) in [6.07, 6.45) is 8.16. The third kappa shape index (κ3) is 3.42. The summed E-state index contributed by atoms with van der Waals surface area (Å²) < 4.78 is 0. The second-order valence-corrected chi connectivity index (χ2v) is 6.25. The summed E-state index contributed by atoms with van der Waals surface area (Å²) in [6, 6.07) is 2.02. The van der Waals surface area contributed by atoms with E-state index in [1.807, 2.05) is 7.05 Å². The Morgan fingerprint density at radius 1 is 1.37 bits per heavy atom. The van der Waals surface area contributed by atoms with Crippen molar-refractivity contribution in [3.8, 4) is 0 Å². The van der Waals surface area contributed by atoms with Gasteiger partial charge >= 0.3 is 0 Å². The standard InChI is InChI=1S/C15H22Cl2N2/c1-3-10-6-4-5-7-12(10)14(18-2)15-13(17)8-11(16)9-19-15/h8-10,12,14,18H,3-7H2,1-2H3. The maximum absolute atomic E-state index is 6.33. The first-order valence-electron chi connectivity index (χ1n) is 7.15. The van der Waals surface area contributed by atoms with Crippen LogP contribution in [0.25, 0.3) is 0 Å². The van der Waals surface area contributed by atoms with Gasteiger partial charge in [0.1, 0.15) is 0 Å². The maximum atomic E-state index is 6.33. The summed E-state index contributed by atoms with van der Waals surface area (Å²) in [4.78, 5) is 4.47. The van der Waals surface area contributed by atoms with E-state index in [0.29, 0.717) is 16.0 Å². The lowest BCUT2D eigenvalue weighted by molar-refractivity contribution is 0.178. The number of pyridine rings is 1. The van der Waals surface area contributed by atoms with E-state index in [1.165, 1.54) is 32.1 Å². The van der Waals surface area contributed by atoms with Gasteiger partial charge in [-0.05, 0) is 31.4 Å². The van der Waals surface area contributed by atoms with Crippen molar-refractivity contribution in [2.75, 3.05) is 7.05 Å². The van der Waals surface area contributed by atoms with Gasteiger partial charge < -0.3 is 5.32 Å². The molecule has 1 heterocycles. The molecular formula is C15H22Cl2N2. The molecule has 1 saturated carbocycles. The van der Waals surface area contributed by atoms with Crippen LogP contribution in [0.4, 0.5) is 0 Å². The lowest BCUT2D eigenvalue weighted by Gasteiger charge is -2.36. The smallest absolute Gasteiger partial charge is 0.0762 e. The van der Waals surface area contributed by atoms with Crippen LogP contribution in [0.2, 0.25) is 10.0 Å². The van der Waals surface area contributed by atoms with Crippen molar-refractivity contribution >= 4 is 23.2 Å². The molecular weight excluding hydrogens is 279 g/mol. The summed E-state index contributed by atoms with van der Waals surface area (Å²) in [5.41, 5.74) is 0.943. The molecule has 1 aliphatic rings. The average molecular weight is 301 g/mol. The first kappa shape index (κ1) is 15.1. The highest BCUT2D eigenvalue weighted by Crippen LogP contribution is 2.41. The molecule has 0 saturated heterocycles. The first-order chi connectivity index (χ1) is 9.17. The van der Waals surface area contributed by atoms with Crippen molar-refractivity contribution < 1.29 is 0 Å². The number of rotatable bonds is 4. The van der Waals surface area contributed by atoms with Gasteiger partial charge in [-0.15, -0.1) is 0 Å². The molecule has 2 rings (SSSR count). The minimum atomic E-state index is 0.231. The number of aromatic nitrogens is 1. The largest absolute Gasteiger partial charge is 0.311 e. The summed E-state index contributed by atoms with van der Waals surface area (Å²) in [6.45, 7) is 2.28. The Hall–Kier alpha value is -0.310. The number of hydrogen-bond donors (Lipinski definition) is 1. The van der Waals surface area contributed by atoms with Crippen LogP contribution in [0.5, 0.6) is 0 Å². The summed E-state index contributed by atoms with van der Waals surface area (Å²) >= 11 is 12.3. The zero-order valence-electron chi connectivity index (χ0n) is 11.6. The van der Waals surface area contributed by atoms with E-state index in [0.717, 1.165) is 11.6 Å². The SMILES string of the molecule is CCC1CCCCC1C(NC)c1ncc(Cl)cc1Cl. The Morgan fingerprint density at radius 2 is 2.11 bits per heavy atom. The van der Waals surface area contributed by atoms with Crippen molar-refractivity contribution in [2.45, 2.75) is 45.1 Å². The quantitative estimate of drug-likeness (QED) is 0.858. The van der Waals surface area contributed by atoms with Crippen molar-refractivity contribution in [3.05, 3.63) is 28.0 Å². The fourth-order valence-corrected chi connectivity index (χ4v) is 3.89. The normalized spacial score (nSPS) is 25.3. The second kappa shape index (κ2) is 6.92. The summed E-state index contributed by atoms with van der Waals surface area (Å²) in [5.74, 6) is 1.38. The Bertz CT molecular complexity index is 423. The monoisotopic (exact) mass is 300 g/mol. The molecule has 0 radical (unpaired) electrons. The molecule has 0 aliphatic heterocycles. The average Bonchev–Trinajstić information content (AvgIpc) is 2.42. The van der Waals surface area contributed by atoms with Gasteiger partial charge in [-0.1, -0.05) is 55.8 Å². The lowest BCUT2D eigenvalue weighted by atomic mass is 9.73. The molecule has 1 N–H and O–H groups in total. The molecule has 1 aliphatic carbocycles. The Kier molecular flexibility index (Phi) is 5.49. The van der Waals surface area contributed by atoms with Crippen LogP contribution in [-0.2, 0) is 0 Å². The van der Waals surface area contributed by atoms with Crippen molar-refractivity contribution in [2.24, 2.45) is 11.8 Å². The van der Waals surface area contributed by atoms with Gasteiger partial charge in [0.15, 0.2) is 0 Å². The van der Waals surface area contributed by atoms with Gasteiger partial charge in [0.2, 0.25) is 0 Å². The first-order valence-corrected chi connectivity index (χ1v) is 7.91. The topological polar surface area (TPSA) is 24.9 Å². The molecule has 3 unspecified atom stereocenters. The van der Waals surface area contributed by atoms with Crippen LogP contribution in [-0.4, -0.2) is 12.0 Å². The molecule has 1 fully saturated rings. The van der Waals surface area contributed by atoms with Crippen LogP contribution in [0.15, 0.2) is 12.3 Å². The Labute approximate surface area is 125 Å².